The Bertz CT molecular complexity index is 538. The zero-order valence-corrected chi connectivity index (χ0v) is 13.4. The van der Waals surface area contributed by atoms with Gasteiger partial charge in [0.05, 0.1) is 5.92 Å². The summed E-state index contributed by atoms with van der Waals surface area (Å²) in [5.74, 6) is 0.841. The lowest BCUT2D eigenvalue weighted by Gasteiger charge is -2.34. The lowest BCUT2D eigenvalue weighted by Crippen LogP contribution is -2.43. The molecule has 0 spiro atoms. The molecule has 0 saturated carbocycles. The number of piperidine rings is 1. The minimum absolute atomic E-state index is 0.138. The molecule has 0 aliphatic carbocycles. The Morgan fingerprint density at radius 1 is 1.23 bits per heavy atom. The molecular weight excluding hydrogens is 276 g/mol. The van der Waals surface area contributed by atoms with Gasteiger partial charge in [-0.1, -0.05) is 17.7 Å². The highest BCUT2D eigenvalue weighted by atomic mass is 16.3. The van der Waals surface area contributed by atoms with E-state index >= 15 is 0 Å². The van der Waals surface area contributed by atoms with Crippen LogP contribution in [0.5, 0.6) is 5.75 Å². The van der Waals surface area contributed by atoms with Crippen molar-refractivity contribution in [3.63, 3.8) is 0 Å². The number of amides is 1. The molecule has 0 bridgehead atoms. The van der Waals surface area contributed by atoms with Gasteiger partial charge in [0.25, 0.3) is 0 Å². The molecule has 1 atom stereocenters. The van der Waals surface area contributed by atoms with Gasteiger partial charge < -0.3 is 10.0 Å². The largest absolute Gasteiger partial charge is 0.508 e. The second-order valence-electron chi connectivity index (χ2n) is 6.74. The monoisotopic (exact) mass is 302 g/mol. The number of carbonyl (C=O) groups excluding carboxylic acids is 1. The summed E-state index contributed by atoms with van der Waals surface area (Å²) in [5.41, 5.74) is 2.13. The van der Waals surface area contributed by atoms with Gasteiger partial charge >= 0.3 is 0 Å². The number of carbonyl (C=O) groups is 1. The summed E-state index contributed by atoms with van der Waals surface area (Å²) in [6, 6.07) is 5.73. The molecule has 22 heavy (non-hydrogen) atoms. The fraction of sp³-hybridized carbons (Fsp3) is 0.611. The van der Waals surface area contributed by atoms with Crippen molar-refractivity contribution in [2.75, 3.05) is 26.2 Å². The van der Waals surface area contributed by atoms with E-state index in [4.69, 9.17) is 0 Å². The van der Waals surface area contributed by atoms with Crippen molar-refractivity contribution in [3.05, 3.63) is 29.3 Å². The van der Waals surface area contributed by atoms with Gasteiger partial charge in [0.1, 0.15) is 5.75 Å². The van der Waals surface area contributed by atoms with Gasteiger partial charge in [0, 0.05) is 31.7 Å². The van der Waals surface area contributed by atoms with Crippen LogP contribution in [0.3, 0.4) is 0 Å². The van der Waals surface area contributed by atoms with E-state index in [1.54, 1.807) is 6.07 Å². The number of nitrogens with zero attached hydrogens (tertiary/aromatic N) is 2. The Kier molecular flexibility index (Phi) is 4.67. The molecule has 1 aromatic carbocycles. The zero-order chi connectivity index (χ0) is 15.5. The number of hydrogen-bond donors (Lipinski definition) is 1. The predicted octanol–water partition coefficient (Wildman–Crippen LogP) is 2.54. The van der Waals surface area contributed by atoms with Crippen molar-refractivity contribution in [2.45, 2.75) is 39.2 Å². The quantitative estimate of drug-likeness (QED) is 0.933. The highest BCUT2D eigenvalue weighted by Crippen LogP contribution is 2.25. The summed E-state index contributed by atoms with van der Waals surface area (Å²) in [6.45, 7) is 6.48. The third-order valence-electron chi connectivity index (χ3n) is 4.90. The zero-order valence-electron chi connectivity index (χ0n) is 13.4. The molecule has 0 radical (unpaired) electrons. The molecule has 2 aliphatic heterocycles. The smallest absolute Gasteiger partial charge is 0.226 e. The molecule has 2 saturated heterocycles. The summed E-state index contributed by atoms with van der Waals surface area (Å²) in [4.78, 5) is 16.9. The first-order valence-corrected chi connectivity index (χ1v) is 8.43. The number of hydrogen-bond acceptors (Lipinski definition) is 3. The summed E-state index contributed by atoms with van der Waals surface area (Å²) in [6.07, 6.45) is 4.38. The summed E-state index contributed by atoms with van der Waals surface area (Å²) in [5, 5.41) is 10.0. The second kappa shape index (κ2) is 6.69. The highest BCUT2D eigenvalue weighted by Gasteiger charge is 2.30. The van der Waals surface area contributed by atoms with E-state index in [1.807, 2.05) is 24.0 Å². The molecule has 1 amide bonds. The molecule has 1 unspecified atom stereocenters. The fourth-order valence-corrected chi connectivity index (χ4v) is 3.68. The number of likely N-dealkylation sites (tertiary alicyclic amines) is 2. The van der Waals surface area contributed by atoms with Gasteiger partial charge in [-0.2, -0.15) is 0 Å². The van der Waals surface area contributed by atoms with Crippen LogP contribution in [-0.2, 0) is 11.3 Å². The molecule has 2 fully saturated rings. The lowest BCUT2D eigenvalue weighted by molar-refractivity contribution is -0.136. The summed E-state index contributed by atoms with van der Waals surface area (Å²) >= 11 is 0. The van der Waals surface area contributed by atoms with E-state index in [-0.39, 0.29) is 5.92 Å². The van der Waals surface area contributed by atoms with Gasteiger partial charge in [-0.25, -0.2) is 0 Å². The van der Waals surface area contributed by atoms with E-state index in [0.29, 0.717) is 11.7 Å². The van der Waals surface area contributed by atoms with E-state index in [0.717, 1.165) is 69.5 Å². The molecule has 4 heteroatoms. The molecule has 1 N–H and O–H groups in total. The van der Waals surface area contributed by atoms with Crippen LogP contribution in [0.1, 0.15) is 36.8 Å². The maximum Gasteiger partial charge on any atom is 0.226 e. The van der Waals surface area contributed by atoms with Gasteiger partial charge in [-0.05, 0) is 45.2 Å². The third-order valence-corrected chi connectivity index (χ3v) is 4.90. The van der Waals surface area contributed by atoms with E-state index in [2.05, 4.69) is 4.90 Å². The maximum atomic E-state index is 12.6. The lowest BCUT2D eigenvalue weighted by atomic mass is 9.96. The Morgan fingerprint density at radius 3 is 2.77 bits per heavy atom. The van der Waals surface area contributed by atoms with Crippen LogP contribution in [0.25, 0.3) is 0 Å². The number of phenolic OH excluding ortho intramolecular Hbond substituents is 1. The number of benzene rings is 1. The minimum atomic E-state index is 0.138. The van der Waals surface area contributed by atoms with Gasteiger partial charge in [0.15, 0.2) is 0 Å². The molecular formula is C18H26N2O2. The van der Waals surface area contributed by atoms with E-state index in [9.17, 15) is 9.90 Å². The molecule has 2 aliphatic rings. The van der Waals surface area contributed by atoms with E-state index in [1.165, 1.54) is 0 Å². The highest BCUT2D eigenvalue weighted by molar-refractivity contribution is 5.79. The third kappa shape index (κ3) is 3.43. The van der Waals surface area contributed by atoms with Crippen molar-refractivity contribution in [3.8, 4) is 5.75 Å². The Hall–Kier alpha value is -1.55. The minimum Gasteiger partial charge on any atom is -0.508 e. The molecule has 2 heterocycles. The summed E-state index contributed by atoms with van der Waals surface area (Å²) < 4.78 is 0. The van der Waals surface area contributed by atoms with Crippen molar-refractivity contribution in [1.82, 2.24) is 9.80 Å². The maximum absolute atomic E-state index is 12.6. The molecule has 3 rings (SSSR count). The first-order chi connectivity index (χ1) is 10.6. The van der Waals surface area contributed by atoms with E-state index < -0.39 is 0 Å². The van der Waals surface area contributed by atoms with Gasteiger partial charge in [0.2, 0.25) is 5.91 Å². The van der Waals surface area contributed by atoms with Crippen LogP contribution < -0.4 is 0 Å². The average Bonchev–Trinajstić information content (AvgIpc) is 3.05. The van der Waals surface area contributed by atoms with Crippen LogP contribution >= 0.6 is 0 Å². The average molecular weight is 302 g/mol. The molecule has 1 aromatic rings. The molecule has 0 aromatic heterocycles. The van der Waals surface area contributed by atoms with Crippen LogP contribution in [0, 0.1) is 12.8 Å². The van der Waals surface area contributed by atoms with Crippen molar-refractivity contribution in [1.29, 1.82) is 0 Å². The number of phenols is 1. The van der Waals surface area contributed by atoms with Gasteiger partial charge in [-0.3, -0.25) is 9.69 Å². The number of aromatic hydroxyl groups is 1. The van der Waals surface area contributed by atoms with Crippen molar-refractivity contribution in [2.24, 2.45) is 5.92 Å². The Balaban J connectivity index is 1.62. The first-order valence-electron chi connectivity index (χ1n) is 8.43. The standard InChI is InChI=1S/C18H26N2O2/c1-14-6-7-17(21)16(11-14)13-19-8-4-5-15(12-19)18(22)20-9-2-3-10-20/h6-7,11,15,21H,2-5,8-10,12-13H2,1H3. The SMILES string of the molecule is Cc1ccc(O)c(CN2CCCC(C(=O)N3CCCC3)C2)c1. The number of aryl methyl sites for hydroxylation is 1. The van der Waals surface area contributed by atoms with Crippen molar-refractivity contribution < 1.29 is 9.90 Å². The molecule has 4 nitrogen and oxygen atoms in total. The molecule has 120 valence electrons. The van der Waals surface area contributed by atoms with Gasteiger partial charge in [-0.15, -0.1) is 0 Å². The van der Waals surface area contributed by atoms with Crippen LogP contribution in [-0.4, -0.2) is 47.0 Å². The van der Waals surface area contributed by atoms with Crippen LogP contribution in [0.15, 0.2) is 18.2 Å². The van der Waals surface area contributed by atoms with Crippen LogP contribution in [0.2, 0.25) is 0 Å². The Morgan fingerprint density at radius 2 is 2.00 bits per heavy atom. The topological polar surface area (TPSA) is 43.8 Å². The second-order valence-corrected chi connectivity index (χ2v) is 6.74. The Labute approximate surface area is 132 Å². The predicted molar refractivity (Wildman–Crippen MR) is 86.7 cm³/mol. The van der Waals surface area contributed by atoms with Crippen LogP contribution in [0.4, 0.5) is 0 Å². The summed E-state index contributed by atoms with van der Waals surface area (Å²) in [7, 11) is 0. The number of rotatable bonds is 3. The van der Waals surface area contributed by atoms with Crippen molar-refractivity contribution >= 4 is 5.91 Å². The first kappa shape index (κ1) is 15.3. The normalized spacial score (nSPS) is 23.0. The fourth-order valence-electron chi connectivity index (χ4n) is 3.68.